The summed E-state index contributed by atoms with van der Waals surface area (Å²) in [6.07, 6.45) is -0.0653. The maximum absolute atomic E-state index is 12.0. The van der Waals surface area contributed by atoms with Crippen LogP contribution >= 0.6 is 15.9 Å². The van der Waals surface area contributed by atoms with Crippen LogP contribution in [0.3, 0.4) is 0 Å². The molecule has 0 aliphatic heterocycles. The van der Waals surface area contributed by atoms with Crippen LogP contribution in [0.4, 0.5) is 5.69 Å². The number of carboxylic acids is 1. The number of halogens is 1. The molecule has 9 heteroatoms. The van der Waals surface area contributed by atoms with E-state index in [9.17, 15) is 23.3 Å². The summed E-state index contributed by atoms with van der Waals surface area (Å²) in [5, 5.41) is 18.1. The molecule has 7 nitrogen and oxygen atoms in total. The van der Waals surface area contributed by atoms with Crippen LogP contribution in [0.2, 0.25) is 0 Å². The van der Waals surface area contributed by atoms with E-state index in [2.05, 4.69) is 15.9 Å². The molecule has 0 aliphatic rings. The largest absolute Gasteiger partial charge is 0.480 e. The number of hydrogen-bond acceptors (Lipinski definition) is 5. The van der Waals surface area contributed by atoms with Crippen LogP contribution in [-0.4, -0.2) is 29.7 Å². The summed E-state index contributed by atoms with van der Waals surface area (Å²) >= 11 is 2.99. The molecule has 0 fully saturated rings. The van der Waals surface area contributed by atoms with E-state index in [4.69, 9.17) is 5.11 Å². The molecule has 0 aromatic heterocycles. The molecule has 0 radical (unpaired) electrons. The number of nitro groups is 1. The summed E-state index contributed by atoms with van der Waals surface area (Å²) in [5.74, 6) is -1.99. The maximum Gasteiger partial charge on any atom is 0.321 e. The molecule has 110 valence electrons. The Kier molecular flexibility index (Phi) is 5.23. The Balaban J connectivity index is 3.20. The van der Waals surface area contributed by atoms with E-state index in [1.165, 1.54) is 25.1 Å². The minimum Gasteiger partial charge on any atom is -0.480 e. The van der Waals surface area contributed by atoms with Gasteiger partial charge in [0.2, 0.25) is 0 Å². The van der Waals surface area contributed by atoms with Gasteiger partial charge in [0.25, 0.3) is 5.69 Å². The molecule has 0 saturated heterocycles. The lowest BCUT2D eigenvalue weighted by Gasteiger charge is -2.12. The SMILES string of the molecule is CCC(C(=O)O)S(=O)(=O)Cc1cccc([N+](=O)[O-])c1Br. The third-order valence-electron chi connectivity index (χ3n) is 2.69. The zero-order chi connectivity index (χ0) is 15.5. The Bertz CT molecular complexity index is 642. The molecule has 0 aliphatic carbocycles. The molecule has 0 amide bonds. The lowest BCUT2D eigenvalue weighted by molar-refractivity contribution is -0.385. The fraction of sp³-hybridized carbons (Fsp3) is 0.364. The molecular weight excluding hydrogens is 354 g/mol. The van der Waals surface area contributed by atoms with Gasteiger partial charge in [0.1, 0.15) is 0 Å². The first kappa shape index (κ1) is 16.6. The Hall–Kier alpha value is -1.48. The Labute approximate surface area is 123 Å². The molecule has 1 aromatic rings. The van der Waals surface area contributed by atoms with Gasteiger partial charge >= 0.3 is 5.97 Å². The zero-order valence-electron chi connectivity index (χ0n) is 10.4. The fourth-order valence-corrected chi connectivity index (χ4v) is 4.14. The molecule has 1 rings (SSSR count). The standard InChI is InChI=1S/C11H12BrNO6S/c1-2-9(11(14)15)20(18,19)6-7-4-3-5-8(10(7)12)13(16)17/h3-5,9H,2,6H2,1H3,(H,14,15). The van der Waals surface area contributed by atoms with E-state index >= 15 is 0 Å². The zero-order valence-corrected chi connectivity index (χ0v) is 12.8. The van der Waals surface area contributed by atoms with Crippen LogP contribution < -0.4 is 0 Å². The van der Waals surface area contributed by atoms with Gasteiger partial charge in [0.15, 0.2) is 15.1 Å². The smallest absolute Gasteiger partial charge is 0.321 e. The van der Waals surface area contributed by atoms with Crippen molar-refractivity contribution in [2.75, 3.05) is 0 Å². The molecule has 1 aromatic carbocycles. The van der Waals surface area contributed by atoms with Crippen molar-refractivity contribution in [3.8, 4) is 0 Å². The molecule has 1 unspecified atom stereocenters. The highest BCUT2D eigenvalue weighted by molar-refractivity contribution is 9.10. The number of carboxylic acid groups (broad SMARTS) is 1. The van der Waals surface area contributed by atoms with Gasteiger partial charge in [-0.15, -0.1) is 0 Å². The number of nitrogens with zero attached hydrogens (tertiary/aromatic N) is 1. The minimum atomic E-state index is -3.94. The van der Waals surface area contributed by atoms with E-state index < -0.39 is 31.7 Å². The Morgan fingerprint density at radius 2 is 2.10 bits per heavy atom. The lowest BCUT2D eigenvalue weighted by atomic mass is 10.2. The maximum atomic E-state index is 12.0. The molecular formula is C11H12BrNO6S. The quantitative estimate of drug-likeness (QED) is 0.609. The second kappa shape index (κ2) is 6.31. The van der Waals surface area contributed by atoms with Gasteiger partial charge in [0.05, 0.1) is 15.1 Å². The highest BCUT2D eigenvalue weighted by Gasteiger charge is 2.32. The number of aliphatic carboxylic acids is 1. The van der Waals surface area contributed by atoms with Crippen molar-refractivity contribution in [2.45, 2.75) is 24.3 Å². The van der Waals surface area contributed by atoms with Crippen LogP contribution in [0.5, 0.6) is 0 Å². The average molecular weight is 366 g/mol. The van der Waals surface area contributed by atoms with Crippen molar-refractivity contribution in [3.63, 3.8) is 0 Å². The summed E-state index contributed by atoms with van der Waals surface area (Å²) in [5.41, 5.74) is -0.0972. The van der Waals surface area contributed by atoms with Crippen molar-refractivity contribution < 1.29 is 23.2 Å². The second-order valence-electron chi connectivity index (χ2n) is 4.05. The van der Waals surface area contributed by atoms with Gasteiger partial charge < -0.3 is 5.11 Å². The van der Waals surface area contributed by atoms with Crippen LogP contribution in [0, 0.1) is 10.1 Å². The van der Waals surface area contributed by atoms with Gasteiger partial charge in [-0.25, -0.2) is 8.42 Å². The third kappa shape index (κ3) is 3.54. The van der Waals surface area contributed by atoms with Crippen LogP contribution in [0.25, 0.3) is 0 Å². The van der Waals surface area contributed by atoms with Gasteiger partial charge in [-0.05, 0) is 27.9 Å². The first-order chi connectivity index (χ1) is 9.20. The van der Waals surface area contributed by atoms with E-state index in [1.54, 1.807) is 0 Å². The number of nitro benzene ring substituents is 1. The second-order valence-corrected chi connectivity index (χ2v) is 7.03. The average Bonchev–Trinajstić information content (AvgIpc) is 2.30. The van der Waals surface area contributed by atoms with Gasteiger partial charge in [-0.1, -0.05) is 19.1 Å². The molecule has 0 heterocycles. The highest BCUT2D eigenvalue weighted by Crippen LogP contribution is 2.30. The van der Waals surface area contributed by atoms with E-state index in [0.717, 1.165) is 0 Å². The fourth-order valence-electron chi connectivity index (χ4n) is 1.72. The van der Waals surface area contributed by atoms with Gasteiger partial charge in [0, 0.05) is 6.07 Å². The van der Waals surface area contributed by atoms with Crippen molar-refractivity contribution >= 4 is 37.4 Å². The van der Waals surface area contributed by atoms with Gasteiger partial charge in [-0.2, -0.15) is 0 Å². The minimum absolute atomic E-state index is 0.0498. The molecule has 0 spiro atoms. The number of sulfone groups is 1. The summed E-state index contributed by atoms with van der Waals surface area (Å²) < 4.78 is 24.1. The van der Waals surface area contributed by atoms with Crippen LogP contribution in [0.15, 0.2) is 22.7 Å². The summed E-state index contributed by atoms with van der Waals surface area (Å²) in [4.78, 5) is 21.1. The van der Waals surface area contributed by atoms with E-state index in [1.807, 2.05) is 0 Å². The molecule has 0 bridgehead atoms. The summed E-state index contributed by atoms with van der Waals surface area (Å²) in [7, 11) is -3.94. The van der Waals surface area contributed by atoms with Crippen molar-refractivity contribution in [1.29, 1.82) is 0 Å². The first-order valence-electron chi connectivity index (χ1n) is 5.56. The number of benzene rings is 1. The summed E-state index contributed by atoms with van der Waals surface area (Å²) in [6, 6.07) is 3.99. The molecule has 1 atom stereocenters. The monoisotopic (exact) mass is 365 g/mol. The van der Waals surface area contributed by atoms with Crippen molar-refractivity contribution in [1.82, 2.24) is 0 Å². The molecule has 20 heavy (non-hydrogen) atoms. The number of carbonyl (C=O) groups is 1. The molecule has 1 N–H and O–H groups in total. The first-order valence-corrected chi connectivity index (χ1v) is 8.07. The third-order valence-corrected chi connectivity index (χ3v) is 5.72. The lowest BCUT2D eigenvalue weighted by Crippen LogP contribution is -2.30. The predicted octanol–water partition coefficient (Wildman–Crippen LogP) is 2.14. The van der Waals surface area contributed by atoms with E-state index in [-0.39, 0.29) is 22.1 Å². The van der Waals surface area contributed by atoms with E-state index in [0.29, 0.717) is 0 Å². The van der Waals surface area contributed by atoms with Crippen LogP contribution in [0.1, 0.15) is 18.9 Å². The molecule has 0 saturated carbocycles. The summed E-state index contributed by atoms with van der Waals surface area (Å²) in [6.45, 7) is 1.46. The topological polar surface area (TPSA) is 115 Å². The predicted molar refractivity (Wildman–Crippen MR) is 75.1 cm³/mol. The highest BCUT2D eigenvalue weighted by atomic mass is 79.9. The van der Waals surface area contributed by atoms with Crippen molar-refractivity contribution in [2.24, 2.45) is 0 Å². The Morgan fingerprint density at radius 3 is 2.55 bits per heavy atom. The van der Waals surface area contributed by atoms with Gasteiger partial charge in [-0.3, -0.25) is 14.9 Å². The number of rotatable bonds is 6. The van der Waals surface area contributed by atoms with Crippen molar-refractivity contribution in [3.05, 3.63) is 38.3 Å². The number of hydrogen-bond donors (Lipinski definition) is 1. The normalized spacial score (nSPS) is 12.9. The Morgan fingerprint density at radius 1 is 1.50 bits per heavy atom. The van der Waals surface area contributed by atoms with Crippen LogP contribution in [-0.2, 0) is 20.4 Å².